The first-order chi connectivity index (χ1) is 10.8. The second kappa shape index (κ2) is 4.70. The van der Waals surface area contributed by atoms with Crippen molar-refractivity contribution in [2.24, 2.45) is 0 Å². The number of nitrogens with zero attached hydrogens (tertiary/aromatic N) is 1. The third-order valence-corrected chi connectivity index (χ3v) is 3.70. The van der Waals surface area contributed by atoms with E-state index < -0.39 is 0 Å². The summed E-state index contributed by atoms with van der Waals surface area (Å²) < 4.78 is 5.60. The Bertz CT molecular complexity index is 1000. The summed E-state index contributed by atoms with van der Waals surface area (Å²) in [5, 5.41) is 12.3. The second-order valence-corrected chi connectivity index (χ2v) is 5.01. The smallest absolute Gasteiger partial charge is 0.215 e. The molecule has 0 radical (unpaired) electrons. The predicted molar refractivity (Wildman–Crippen MR) is 83.1 cm³/mol. The maximum Gasteiger partial charge on any atom is 0.215 e. The van der Waals surface area contributed by atoms with Gasteiger partial charge in [-0.2, -0.15) is 0 Å². The number of hydrogen-bond donors (Lipinski definition) is 1. The first-order valence-electron chi connectivity index (χ1n) is 6.83. The molecule has 2 aromatic carbocycles. The van der Waals surface area contributed by atoms with E-state index in [1.807, 2.05) is 24.3 Å². The molecule has 2 aromatic heterocycles. The van der Waals surface area contributed by atoms with Crippen LogP contribution in [0.15, 0.2) is 65.4 Å². The highest BCUT2D eigenvalue weighted by Gasteiger charge is 2.19. The maximum absolute atomic E-state index is 12.6. The molecule has 0 saturated heterocycles. The van der Waals surface area contributed by atoms with Crippen LogP contribution in [0, 0.1) is 0 Å². The summed E-state index contributed by atoms with van der Waals surface area (Å²) >= 11 is 0. The summed E-state index contributed by atoms with van der Waals surface area (Å²) in [7, 11) is 0. The van der Waals surface area contributed by atoms with Gasteiger partial charge >= 0.3 is 0 Å². The van der Waals surface area contributed by atoms with Crippen LogP contribution in [0.4, 0.5) is 0 Å². The molecule has 0 unspecified atom stereocenters. The fourth-order valence-electron chi connectivity index (χ4n) is 2.65. The van der Waals surface area contributed by atoms with E-state index in [1.165, 1.54) is 6.26 Å². The van der Waals surface area contributed by atoms with Crippen molar-refractivity contribution < 1.29 is 14.3 Å². The molecule has 1 N–H and O–H groups in total. The number of rotatable bonds is 2. The van der Waals surface area contributed by atoms with E-state index in [2.05, 4.69) is 4.98 Å². The zero-order chi connectivity index (χ0) is 15.1. The zero-order valence-electron chi connectivity index (χ0n) is 11.5. The van der Waals surface area contributed by atoms with Gasteiger partial charge in [0.1, 0.15) is 23.3 Å². The summed E-state index contributed by atoms with van der Waals surface area (Å²) in [6.07, 6.45) is 3.00. The average molecular weight is 289 g/mol. The summed E-state index contributed by atoms with van der Waals surface area (Å²) in [6.45, 7) is 0. The molecular weight excluding hydrogens is 278 g/mol. The Morgan fingerprint density at radius 2 is 1.77 bits per heavy atom. The van der Waals surface area contributed by atoms with Crippen molar-refractivity contribution in [3.8, 4) is 5.75 Å². The number of carbonyl (C=O) groups is 1. The van der Waals surface area contributed by atoms with Crippen LogP contribution < -0.4 is 0 Å². The lowest BCUT2D eigenvalue weighted by atomic mass is 10.0. The summed E-state index contributed by atoms with van der Waals surface area (Å²) in [4.78, 5) is 16.6. The number of fused-ring (bicyclic) bond motifs is 3. The van der Waals surface area contributed by atoms with Crippen molar-refractivity contribution in [3.63, 3.8) is 0 Å². The van der Waals surface area contributed by atoms with Gasteiger partial charge in [-0.15, -0.1) is 0 Å². The molecule has 2 heterocycles. The summed E-state index contributed by atoms with van der Waals surface area (Å²) in [5.74, 6) is -0.103. The van der Waals surface area contributed by atoms with E-state index in [4.69, 9.17) is 4.42 Å². The normalized spacial score (nSPS) is 11.1. The van der Waals surface area contributed by atoms with E-state index in [1.54, 1.807) is 30.5 Å². The van der Waals surface area contributed by atoms with Crippen molar-refractivity contribution in [1.82, 2.24) is 4.98 Å². The first-order valence-corrected chi connectivity index (χ1v) is 6.83. The Balaban J connectivity index is 1.99. The van der Waals surface area contributed by atoms with Crippen molar-refractivity contribution in [2.75, 3.05) is 0 Å². The number of ketones is 1. The predicted octanol–water partition coefficient (Wildman–Crippen LogP) is 3.92. The summed E-state index contributed by atoms with van der Waals surface area (Å²) in [5.41, 5.74) is 1.33. The lowest BCUT2D eigenvalue weighted by molar-refractivity contribution is 0.103. The zero-order valence-corrected chi connectivity index (χ0v) is 11.5. The van der Waals surface area contributed by atoms with E-state index in [-0.39, 0.29) is 11.5 Å². The minimum absolute atomic E-state index is 0.125. The fourth-order valence-corrected chi connectivity index (χ4v) is 2.65. The summed E-state index contributed by atoms with van der Waals surface area (Å²) in [6, 6.07) is 14.1. The van der Waals surface area contributed by atoms with E-state index >= 15 is 0 Å². The van der Waals surface area contributed by atoms with Gasteiger partial charge in [0.2, 0.25) is 5.78 Å². The Labute approximate surface area is 125 Å². The number of hydrogen-bond acceptors (Lipinski definition) is 4. The van der Waals surface area contributed by atoms with Crippen LogP contribution in [0.1, 0.15) is 16.1 Å². The van der Waals surface area contributed by atoms with Crippen LogP contribution in [-0.4, -0.2) is 15.9 Å². The first kappa shape index (κ1) is 12.6. The molecule has 0 atom stereocenters. The van der Waals surface area contributed by atoms with Gasteiger partial charge in [-0.3, -0.25) is 9.78 Å². The number of aromatic nitrogens is 1. The van der Waals surface area contributed by atoms with E-state index in [9.17, 15) is 9.90 Å². The Morgan fingerprint density at radius 3 is 2.55 bits per heavy atom. The molecule has 22 heavy (non-hydrogen) atoms. The van der Waals surface area contributed by atoms with Crippen molar-refractivity contribution in [3.05, 3.63) is 72.2 Å². The lowest BCUT2D eigenvalue weighted by Crippen LogP contribution is -2.02. The SMILES string of the molecule is O=C(c1ccccn1)c1coc2c1cc(O)c1ccccc12. The van der Waals surface area contributed by atoms with Gasteiger partial charge < -0.3 is 9.52 Å². The molecule has 4 nitrogen and oxygen atoms in total. The lowest BCUT2D eigenvalue weighted by Gasteiger charge is -2.02. The van der Waals surface area contributed by atoms with Crippen LogP contribution in [0.3, 0.4) is 0 Å². The fraction of sp³-hybridized carbons (Fsp3) is 0. The molecule has 4 rings (SSSR count). The van der Waals surface area contributed by atoms with Crippen molar-refractivity contribution >= 4 is 27.5 Å². The number of pyridine rings is 1. The van der Waals surface area contributed by atoms with Gasteiger partial charge in [-0.05, 0) is 18.2 Å². The largest absolute Gasteiger partial charge is 0.507 e. The molecule has 0 bridgehead atoms. The molecule has 106 valence electrons. The third-order valence-electron chi connectivity index (χ3n) is 3.70. The number of aromatic hydroxyl groups is 1. The number of phenolic OH excluding ortho intramolecular Hbond substituents is 1. The molecule has 0 amide bonds. The van der Waals surface area contributed by atoms with Crippen LogP contribution in [0.5, 0.6) is 5.75 Å². The standard InChI is InChI=1S/C18H11NO3/c20-16-9-13-14(17(21)15-7-3-4-8-19-15)10-22-18(13)12-6-2-1-5-11(12)16/h1-10,20H. The monoisotopic (exact) mass is 289 g/mol. The maximum atomic E-state index is 12.6. The Kier molecular flexibility index (Phi) is 2.69. The Morgan fingerprint density at radius 1 is 1.00 bits per heavy atom. The van der Waals surface area contributed by atoms with E-state index in [0.29, 0.717) is 27.6 Å². The highest BCUT2D eigenvalue weighted by Crippen LogP contribution is 2.35. The van der Waals surface area contributed by atoms with Gasteiger partial charge in [-0.25, -0.2) is 0 Å². The van der Waals surface area contributed by atoms with Gasteiger partial charge in [-0.1, -0.05) is 30.3 Å². The van der Waals surface area contributed by atoms with Crippen LogP contribution in [0.25, 0.3) is 21.7 Å². The molecule has 0 saturated carbocycles. The van der Waals surface area contributed by atoms with Crippen LogP contribution in [-0.2, 0) is 0 Å². The Hall–Kier alpha value is -3.14. The minimum Gasteiger partial charge on any atom is -0.507 e. The number of furan rings is 1. The van der Waals surface area contributed by atoms with E-state index in [0.717, 1.165) is 5.39 Å². The van der Waals surface area contributed by atoms with Crippen molar-refractivity contribution in [1.29, 1.82) is 0 Å². The minimum atomic E-state index is -0.228. The highest BCUT2D eigenvalue weighted by molar-refractivity contribution is 6.19. The molecule has 4 aromatic rings. The highest BCUT2D eigenvalue weighted by atomic mass is 16.3. The van der Waals surface area contributed by atoms with Crippen LogP contribution >= 0.6 is 0 Å². The molecule has 4 heteroatoms. The molecule has 0 aliphatic rings. The molecule has 0 aliphatic carbocycles. The molecule has 0 aliphatic heterocycles. The van der Waals surface area contributed by atoms with Gasteiger partial charge in [0, 0.05) is 22.4 Å². The van der Waals surface area contributed by atoms with Gasteiger partial charge in [0.25, 0.3) is 0 Å². The topological polar surface area (TPSA) is 63.3 Å². The number of phenols is 1. The molecular formula is C18H11NO3. The average Bonchev–Trinajstić information content (AvgIpc) is 2.99. The number of benzene rings is 2. The van der Waals surface area contributed by atoms with Gasteiger partial charge in [0.05, 0.1) is 5.56 Å². The van der Waals surface area contributed by atoms with Crippen LogP contribution in [0.2, 0.25) is 0 Å². The molecule has 0 spiro atoms. The second-order valence-electron chi connectivity index (χ2n) is 5.01. The molecule has 0 fully saturated rings. The third kappa shape index (κ3) is 1.78. The quantitative estimate of drug-likeness (QED) is 0.568. The van der Waals surface area contributed by atoms with Crippen molar-refractivity contribution in [2.45, 2.75) is 0 Å². The number of carbonyl (C=O) groups excluding carboxylic acids is 1. The van der Waals surface area contributed by atoms with Gasteiger partial charge in [0.15, 0.2) is 0 Å².